The molecule has 1 aromatic carbocycles. The summed E-state index contributed by atoms with van der Waals surface area (Å²) in [6.45, 7) is 4.41. The van der Waals surface area contributed by atoms with Gasteiger partial charge in [-0.1, -0.05) is 12.1 Å². The molecule has 0 aliphatic carbocycles. The molecule has 1 aromatic heterocycles. The Kier molecular flexibility index (Phi) is 4.32. The second-order valence-corrected chi connectivity index (χ2v) is 5.20. The normalized spacial score (nSPS) is 12.4. The van der Waals surface area contributed by atoms with Crippen molar-refractivity contribution in [3.05, 3.63) is 57.1 Å². The monoisotopic (exact) mass is 293 g/mol. The minimum Gasteiger partial charge on any atom is -0.315 e. The van der Waals surface area contributed by atoms with Gasteiger partial charge in [0.25, 0.3) is 0 Å². The van der Waals surface area contributed by atoms with E-state index >= 15 is 0 Å². The summed E-state index contributed by atoms with van der Waals surface area (Å²) in [5.41, 5.74) is 1.89. The minimum atomic E-state index is -0.407. The van der Waals surface area contributed by atoms with Crippen LogP contribution in [0.3, 0.4) is 0 Å². The Morgan fingerprint density at radius 2 is 2.14 bits per heavy atom. The first-order chi connectivity index (χ1) is 9.88. The second-order valence-electron chi connectivity index (χ2n) is 5.20. The second kappa shape index (κ2) is 6.01. The van der Waals surface area contributed by atoms with E-state index in [9.17, 15) is 14.5 Å². The molecule has 6 nitrogen and oxygen atoms in total. The highest BCUT2D eigenvalue weighted by Gasteiger charge is 2.23. The van der Waals surface area contributed by atoms with Gasteiger partial charge in [0.05, 0.1) is 12.0 Å². The number of halogens is 1. The lowest BCUT2D eigenvalue weighted by molar-refractivity contribution is -0.917. The van der Waals surface area contributed by atoms with Crippen molar-refractivity contribution in [1.29, 1.82) is 0 Å². The summed E-state index contributed by atoms with van der Waals surface area (Å²) in [6, 6.07) is 6.43. The van der Waals surface area contributed by atoms with E-state index in [0.29, 0.717) is 24.6 Å². The van der Waals surface area contributed by atoms with Gasteiger partial charge >= 0.3 is 5.69 Å². The zero-order valence-electron chi connectivity index (χ0n) is 12.3. The molecule has 0 bridgehead atoms. The third kappa shape index (κ3) is 3.43. The molecule has 0 spiro atoms. The molecular formula is C14H18FN4O2+. The van der Waals surface area contributed by atoms with Crippen molar-refractivity contribution in [3.63, 3.8) is 0 Å². The van der Waals surface area contributed by atoms with Gasteiger partial charge < -0.3 is 4.90 Å². The number of aryl methyl sites for hydroxylation is 1. The molecule has 112 valence electrons. The molecule has 0 fully saturated rings. The van der Waals surface area contributed by atoms with Crippen molar-refractivity contribution < 1.29 is 14.2 Å². The van der Waals surface area contributed by atoms with Gasteiger partial charge in [0, 0.05) is 5.56 Å². The molecule has 1 atom stereocenters. The fraction of sp³-hybridized carbons (Fsp3) is 0.357. The predicted molar refractivity (Wildman–Crippen MR) is 75.3 cm³/mol. The van der Waals surface area contributed by atoms with Crippen LogP contribution >= 0.6 is 0 Å². The third-order valence-corrected chi connectivity index (χ3v) is 3.34. The molecule has 0 radical (unpaired) electrons. The summed E-state index contributed by atoms with van der Waals surface area (Å²) in [4.78, 5) is 11.6. The van der Waals surface area contributed by atoms with Crippen LogP contribution in [-0.4, -0.2) is 21.8 Å². The number of nitrogens with zero attached hydrogens (tertiary/aromatic N) is 3. The number of quaternary nitrogens is 1. The Morgan fingerprint density at radius 3 is 2.71 bits per heavy atom. The highest BCUT2D eigenvalue weighted by atomic mass is 19.1. The SMILES string of the molecule is Cc1nn(C[NH+](C)Cc2cccc(F)c2)c(C)c1[N+](=O)[O-]. The lowest BCUT2D eigenvalue weighted by Gasteiger charge is -2.14. The highest BCUT2D eigenvalue weighted by Crippen LogP contribution is 2.20. The van der Waals surface area contributed by atoms with E-state index in [2.05, 4.69) is 5.10 Å². The van der Waals surface area contributed by atoms with Crippen molar-refractivity contribution in [2.75, 3.05) is 7.05 Å². The molecule has 2 aromatic rings. The van der Waals surface area contributed by atoms with Crippen LogP contribution in [0.5, 0.6) is 0 Å². The number of benzene rings is 1. The summed E-state index contributed by atoms with van der Waals surface area (Å²) in [5.74, 6) is -0.262. The van der Waals surface area contributed by atoms with E-state index in [1.165, 1.54) is 12.1 Å². The van der Waals surface area contributed by atoms with Crippen LogP contribution in [-0.2, 0) is 13.2 Å². The number of nitrogens with one attached hydrogen (secondary N) is 1. The van der Waals surface area contributed by atoms with Crippen molar-refractivity contribution in [3.8, 4) is 0 Å². The van der Waals surface area contributed by atoms with E-state index in [1.807, 2.05) is 13.1 Å². The predicted octanol–water partition coefficient (Wildman–Crippen LogP) is 1.22. The molecule has 7 heteroatoms. The number of rotatable bonds is 5. The van der Waals surface area contributed by atoms with E-state index in [1.54, 1.807) is 24.6 Å². The van der Waals surface area contributed by atoms with E-state index in [4.69, 9.17) is 0 Å². The number of hydrogen-bond acceptors (Lipinski definition) is 3. The zero-order chi connectivity index (χ0) is 15.6. The number of nitro groups is 1. The van der Waals surface area contributed by atoms with Crippen LogP contribution in [0.15, 0.2) is 24.3 Å². The van der Waals surface area contributed by atoms with Gasteiger partial charge in [0.2, 0.25) is 0 Å². The van der Waals surface area contributed by atoms with Crippen LogP contribution in [0.2, 0.25) is 0 Å². The molecule has 21 heavy (non-hydrogen) atoms. The van der Waals surface area contributed by atoms with Gasteiger partial charge in [0.1, 0.15) is 23.7 Å². The Bertz CT molecular complexity index is 669. The zero-order valence-corrected chi connectivity index (χ0v) is 12.3. The summed E-state index contributed by atoms with van der Waals surface area (Å²) in [6.07, 6.45) is 0. The van der Waals surface area contributed by atoms with Crippen molar-refractivity contribution >= 4 is 5.69 Å². The molecule has 1 unspecified atom stereocenters. The summed E-state index contributed by atoms with van der Waals surface area (Å²) in [7, 11) is 1.94. The lowest BCUT2D eigenvalue weighted by atomic mass is 10.2. The standard InChI is InChI=1S/C14H17FN4O2/c1-10-14(19(20)21)11(2)18(16-10)9-17(3)8-12-5-4-6-13(15)7-12/h4-7H,8-9H2,1-3H3/p+1. The molecule has 1 N–H and O–H groups in total. The first-order valence-corrected chi connectivity index (χ1v) is 6.62. The molecule has 0 aliphatic heterocycles. The smallest absolute Gasteiger partial charge is 0.312 e. The van der Waals surface area contributed by atoms with E-state index < -0.39 is 4.92 Å². The maximum Gasteiger partial charge on any atom is 0.312 e. The Balaban J connectivity index is 2.11. The molecule has 0 saturated carbocycles. The van der Waals surface area contributed by atoms with Crippen LogP contribution in [0.25, 0.3) is 0 Å². The number of hydrogen-bond donors (Lipinski definition) is 1. The summed E-state index contributed by atoms with van der Waals surface area (Å²) < 4.78 is 14.8. The summed E-state index contributed by atoms with van der Waals surface area (Å²) >= 11 is 0. The maximum atomic E-state index is 13.2. The van der Waals surface area contributed by atoms with E-state index in [0.717, 1.165) is 10.5 Å². The van der Waals surface area contributed by atoms with Gasteiger partial charge in [-0.25, -0.2) is 9.07 Å². The lowest BCUT2D eigenvalue weighted by Crippen LogP contribution is -3.07. The van der Waals surface area contributed by atoms with Crippen molar-refractivity contribution in [2.24, 2.45) is 0 Å². The minimum absolute atomic E-state index is 0.0635. The number of aromatic nitrogens is 2. The Labute approximate surface area is 121 Å². The highest BCUT2D eigenvalue weighted by molar-refractivity contribution is 5.39. The molecule has 1 heterocycles. The molecule has 2 rings (SSSR count). The van der Waals surface area contributed by atoms with E-state index in [-0.39, 0.29) is 11.5 Å². The first-order valence-electron chi connectivity index (χ1n) is 6.62. The van der Waals surface area contributed by atoms with Crippen LogP contribution < -0.4 is 4.90 Å². The van der Waals surface area contributed by atoms with Gasteiger partial charge in [-0.15, -0.1) is 0 Å². The quantitative estimate of drug-likeness (QED) is 0.666. The summed E-state index contributed by atoms with van der Waals surface area (Å²) in [5, 5.41) is 15.2. The third-order valence-electron chi connectivity index (χ3n) is 3.34. The van der Waals surface area contributed by atoms with Crippen molar-refractivity contribution in [2.45, 2.75) is 27.1 Å². The maximum absolute atomic E-state index is 13.2. The topological polar surface area (TPSA) is 65.4 Å². The Hall–Kier alpha value is -2.28. The Morgan fingerprint density at radius 1 is 1.43 bits per heavy atom. The van der Waals surface area contributed by atoms with Crippen molar-refractivity contribution in [1.82, 2.24) is 9.78 Å². The van der Waals surface area contributed by atoms with Gasteiger partial charge in [-0.2, -0.15) is 5.10 Å². The average Bonchev–Trinajstić information content (AvgIpc) is 2.64. The van der Waals surface area contributed by atoms with Gasteiger partial charge in [0.15, 0.2) is 6.67 Å². The molecule has 0 saturated heterocycles. The van der Waals surface area contributed by atoms with Crippen LogP contribution in [0.1, 0.15) is 17.0 Å². The van der Waals surface area contributed by atoms with Crippen LogP contribution in [0.4, 0.5) is 10.1 Å². The molecule has 0 amide bonds. The first kappa shape index (κ1) is 15.1. The van der Waals surface area contributed by atoms with Gasteiger partial charge in [-0.05, 0) is 26.0 Å². The molecule has 0 aliphatic rings. The van der Waals surface area contributed by atoms with Crippen LogP contribution in [0, 0.1) is 29.8 Å². The largest absolute Gasteiger partial charge is 0.315 e. The fourth-order valence-electron chi connectivity index (χ4n) is 2.41. The average molecular weight is 293 g/mol. The van der Waals surface area contributed by atoms with Gasteiger partial charge in [-0.3, -0.25) is 10.1 Å². The molecular weight excluding hydrogens is 275 g/mol. The fourth-order valence-corrected chi connectivity index (χ4v) is 2.41.